The fourth-order valence-electron chi connectivity index (χ4n) is 1.68. The van der Waals surface area contributed by atoms with Crippen LogP contribution >= 0.6 is 23.2 Å². The van der Waals surface area contributed by atoms with Crippen molar-refractivity contribution >= 4 is 40.3 Å². The molecule has 2 aromatic rings. The van der Waals surface area contributed by atoms with Gasteiger partial charge in [0.1, 0.15) is 10.7 Å². The minimum absolute atomic E-state index is 0.0923. The Morgan fingerprint density at radius 2 is 1.89 bits per heavy atom. The Morgan fingerprint density at radius 3 is 2.58 bits per heavy atom. The smallest absolute Gasteiger partial charge is 0.311 e. The second kappa shape index (κ2) is 5.47. The molecule has 2 rings (SSSR count). The van der Waals surface area contributed by atoms with Gasteiger partial charge in [0.05, 0.1) is 4.92 Å². The quantitative estimate of drug-likeness (QED) is 0.644. The average molecular weight is 297 g/mol. The molecule has 0 radical (unpaired) electrons. The summed E-state index contributed by atoms with van der Waals surface area (Å²) < 4.78 is 0. The van der Waals surface area contributed by atoms with E-state index in [-0.39, 0.29) is 10.7 Å². The largest absolute Gasteiger partial charge is 0.350 e. The Balaban J connectivity index is 2.46. The van der Waals surface area contributed by atoms with Gasteiger partial charge in [-0.2, -0.15) is 0 Å². The molecular formula is C13H10Cl2N2O2. The summed E-state index contributed by atoms with van der Waals surface area (Å²) in [5.41, 5.74) is 1.82. The van der Waals surface area contributed by atoms with Gasteiger partial charge >= 0.3 is 5.69 Å². The number of anilines is 2. The molecule has 0 saturated heterocycles. The molecule has 98 valence electrons. The van der Waals surface area contributed by atoms with Crippen LogP contribution in [-0.4, -0.2) is 4.92 Å². The molecule has 4 nitrogen and oxygen atoms in total. The number of para-hydroxylation sites is 1. The van der Waals surface area contributed by atoms with Gasteiger partial charge in [-0.3, -0.25) is 10.1 Å². The Kier molecular flexibility index (Phi) is 3.93. The van der Waals surface area contributed by atoms with E-state index in [9.17, 15) is 10.1 Å². The molecule has 0 unspecified atom stereocenters. The summed E-state index contributed by atoms with van der Waals surface area (Å²) in [4.78, 5) is 10.5. The van der Waals surface area contributed by atoms with Crippen LogP contribution in [0.2, 0.25) is 10.0 Å². The van der Waals surface area contributed by atoms with Crippen molar-refractivity contribution in [1.82, 2.24) is 0 Å². The normalized spacial score (nSPS) is 10.3. The molecule has 1 N–H and O–H groups in total. The lowest BCUT2D eigenvalue weighted by Gasteiger charge is -2.10. The summed E-state index contributed by atoms with van der Waals surface area (Å²) in [6, 6.07) is 10.0. The fraction of sp³-hybridized carbons (Fsp3) is 0.0769. The third-order valence-electron chi connectivity index (χ3n) is 2.64. The van der Waals surface area contributed by atoms with Crippen LogP contribution < -0.4 is 5.32 Å². The highest BCUT2D eigenvalue weighted by atomic mass is 35.5. The molecule has 0 spiro atoms. The van der Waals surface area contributed by atoms with E-state index in [1.807, 2.05) is 13.0 Å². The maximum absolute atomic E-state index is 11.0. The van der Waals surface area contributed by atoms with Crippen LogP contribution in [0.1, 0.15) is 5.56 Å². The van der Waals surface area contributed by atoms with Crippen molar-refractivity contribution in [3.05, 3.63) is 62.1 Å². The summed E-state index contributed by atoms with van der Waals surface area (Å²) in [5, 5.41) is 14.7. The van der Waals surface area contributed by atoms with Crippen LogP contribution in [0.5, 0.6) is 0 Å². The third kappa shape index (κ3) is 2.97. The van der Waals surface area contributed by atoms with Crippen molar-refractivity contribution in [3.63, 3.8) is 0 Å². The first kappa shape index (κ1) is 13.6. The SMILES string of the molecule is Cc1ccc(Cl)cc1Nc1cccc(Cl)c1[N+](=O)[O-]. The van der Waals surface area contributed by atoms with Gasteiger partial charge in [0.25, 0.3) is 0 Å². The molecule has 6 heteroatoms. The van der Waals surface area contributed by atoms with Gasteiger partial charge < -0.3 is 5.32 Å². The summed E-state index contributed by atoms with van der Waals surface area (Å²) in [6.45, 7) is 1.88. The van der Waals surface area contributed by atoms with Crippen LogP contribution in [0.4, 0.5) is 17.1 Å². The van der Waals surface area contributed by atoms with Crippen molar-refractivity contribution in [3.8, 4) is 0 Å². The predicted octanol–water partition coefficient (Wildman–Crippen LogP) is 4.95. The van der Waals surface area contributed by atoms with Crippen molar-refractivity contribution in [2.45, 2.75) is 6.92 Å². The molecule has 0 fully saturated rings. The maximum Gasteiger partial charge on any atom is 0.311 e. The van der Waals surface area contributed by atoms with Gasteiger partial charge in [-0.25, -0.2) is 0 Å². The third-order valence-corrected chi connectivity index (χ3v) is 3.18. The van der Waals surface area contributed by atoms with Gasteiger partial charge in [-0.15, -0.1) is 0 Å². The van der Waals surface area contributed by atoms with Crippen molar-refractivity contribution in [1.29, 1.82) is 0 Å². The molecule has 0 atom stereocenters. The van der Waals surface area contributed by atoms with Crippen LogP contribution in [0.25, 0.3) is 0 Å². The zero-order valence-electron chi connectivity index (χ0n) is 9.98. The molecule has 2 aromatic carbocycles. The number of nitro benzene ring substituents is 1. The first-order chi connectivity index (χ1) is 8.99. The molecule has 0 amide bonds. The minimum Gasteiger partial charge on any atom is -0.350 e. The average Bonchev–Trinajstić information content (AvgIpc) is 2.33. The van der Waals surface area contributed by atoms with Gasteiger partial charge in [-0.1, -0.05) is 35.3 Å². The zero-order chi connectivity index (χ0) is 14.0. The number of halogens is 2. The number of nitrogens with one attached hydrogen (secondary N) is 1. The number of benzene rings is 2. The van der Waals surface area contributed by atoms with Crippen LogP contribution in [0.15, 0.2) is 36.4 Å². The molecule has 0 bridgehead atoms. The molecule has 0 heterocycles. The van der Waals surface area contributed by atoms with Gasteiger partial charge in [0.2, 0.25) is 0 Å². The molecule has 0 aliphatic carbocycles. The topological polar surface area (TPSA) is 55.2 Å². The Labute approximate surface area is 120 Å². The monoisotopic (exact) mass is 296 g/mol. The summed E-state index contributed by atoms with van der Waals surface area (Å²) >= 11 is 11.8. The molecule has 0 saturated carbocycles. The first-order valence-corrected chi connectivity index (χ1v) is 6.20. The number of hydrogen-bond donors (Lipinski definition) is 1. The fourth-order valence-corrected chi connectivity index (χ4v) is 2.09. The van der Waals surface area contributed by atoms with Crippen LogP contribution in [0, 0.1) is 17.0 Å². The van der Waals surface area contributed by atoms with E-state index in [0.29, 0.717) is 16.4 Å². The van der Waals surface area contributed by atoms with E-state index < -0.39 is 4.92 Å². The highest BCUT2D eigenvalue weighted by Crippen LogP contribution is 2.35. The second-order valence-corrected chi connectivity index (χ2v) is 4.82. The minimum atomic E-state index is -0.509. The number of aryl methyl sites for hydroxylation is 1. The Bertz CT molecular complexity index is 645. The van der Waals surface area contributed by atoms with E-state index in [0.717, 1.165) is 5.56 Å². The van der Waals surface area contributed by atoms with E-state index >= 15 is 0 Å². The van der Waals surface area contributed by atoms with Gasteiger partial charge in [0, 0.05) is 10.7 Å². The number of nitrogens with zero attached hydrogens (tertiary/aromatic N) is 1. The standard InChI is InChI=1S/C13H10Cl2N2O2/c1-8-5-6-9(14)7-12(8)16-11-4-2-3-10(15)13(11)17(18)19/h2-7,16H,1H3. The summed E-state index contributed by atoms with van der Waals surface area (Å²) in [7, 11) is 0. The predicted molar refractivity (Wildman–Crippen MR) is 77.6 cm³/mol. The Morgan fingerprint density at radius 1 is 1.16 bits per heavy atom. The summed E-state index contributed by atoms with van der Waals surface area (Å²) in [5.74, 6) is 0. The maximum atomic E-state index is 11.0. The first-order valence-electron chi connectivity index (χ1n) is 5.45. The molecule has 0 aliphatic heterocycles. The zero-order valence-corrected chi connectivity index (χ0v) is 11.5. The van der Waals surface area contributed by atoms with Gasteiger partial charge in [-0.05, 0) is 36.8 Å². The molecular weight excluding hydrogens is 287 g/mol. The van der Waals surface area contributed by atoms with Crippen molar-refractivity contribution in [2.24, 2.45) is 0 Å². The number of nitro groups is 1. The molecule has 0 aliphatic rings. The Hall–Kier alpha value is -1.78. The highest BCUT2D eigenvalue weighted by molar-refractivity contribution is 6.33. The highest BCUT2D eigenvalue weighted by Gasteiger charge is 2.18. The lowest BCUT2D eigenvalue weighted by molar-refractivity contribution is -0.383. The van der Waals surface area contributed by atoms with Crippen LogP contribution in [0.3, 0.4) is 0 Å². The number of hydrogen-bond acceptors (Lipinski definition) is 3. The summed E-state index contributed by atoms with van der Waals surface area (Å²) in [6.07, 6.45) is 0. The molecule has 0 aromatic heterocycles. The lowest BCUT2D eigenvalue weighted by Crippen LogP contribution is -1.99. The van der Waals surface area contributed by atoms with Crippen molar-refractivity contribution < 1.29 is 4.92 Å². The van der Waals surface area contributed by atoms with Gasteiger partial charge in [0.15, 0.2) is 0 Å². The number of rotatable bonds is 3. The van der Waals surface area contributed by atoms with E-state index in [4.69, 9.17) is 23.2 Å². The second-order valence-electron chi connectivity index (χ2n) is 3.98. The lowest BCUT2D eigenvalue weighted by atomic mass is 10.2. The van der Waals surface area contributed by atoms with Crippen LogP contribution in [-0.2, 0) is 0 Å². The van der Waals surface area contributed by atoms with Crippen molar-refractivity contribution in [2.75, 3.05) is 5.32 Å². The molecule has 19 heavy (non-hydrogen) atoms. The van der Waals surface area contributed by atoms with E-state index in [1.54, 1.807) is 24.3 Å². The van der Waals surface area contributed by atoms with E-state index in [2.05, 4.69) is 5.32 Å². The van der Waals surface area contributed by atoms with E-state index in [1.165, 1.54) is 6.07 Å².